The number of hydrogen-bond donors (Lipinski definition) is 0. The molecule has 272 valence electrons. The molecule has 0 saturated heterocycles. The molecule has 0 nitrogen and oxygen atoms in total. The van der Waals surface area contributed by atoms with Crippen LogP contribution in [0.15, 0.2) is 132 Å². The minimum atomic E-state index is -3.09. The Hall–Kier alpha value is -3.97. The molecule has 0 saturated carbocycles. The quantitative estimate of drug-likeness (QED) is 0.123. The molecule has 8 bridgehead atoms. The fraction of sp³-hybridized carbons (Fsp3) is 0.321. The third kappa shape index (κ3) is 5.12. The summed E-state index contributed by atoms with van der Waals surface area (Å²) in [7, 11) is 0. The van der Waals surface area contributed by atoms with Gasteiger partial charge in [-0.3, -0.25) is 0 Å². The summed E-state index contributed by atoms with van der Waals surface area (Å²) < 4.78 is 3.89. The van der Waals surface area contributed by atoms with Crippen LogP contribution in [0.5, 0.6) is 0 Å². The molecule has 9 rings (SSSR count). The number of allylic oxidation sites excluding steroid dienone is 2. The van der Waals surface area contributed by atoms with Crippen molar-refractivity contribution in [3.05, 3.63) is 177 Å². The number of benzene rings is 6. The molecule has 0 N–H and O–H groups in total. The van der Waals surface area contributed by atoms with Crippen LogP contribution >= 0.6 is 0 Å². The van der Waals surface area contributed by atoms with Crippen molar-refractivity contribution >= 4 is 32.7 Å². The van der Waals surface area contributed by atoms with E-state index in [0.717, 1.165) is 12.8 Å². The first-order chi connectivity index (χ1) is 26.4. The number of fused-ring (bicyclic) bond motifs is 2. The second-order valence-corrected chi connectivity index (χ2v) is 24.2. The Kier molecular flexibility index (Phi) is 9.23. The molecule has 1 aliphatic heterocycles. The van der Waals surface area contributed by atoms with Gasteiger partial charge in [0.05, 0.1) is 0 Å². The van der Waals surface area contributed by atoms with E-state index in [2.05, 4.69) is 163 Å². The summed E-state index contributed by atoms with van der Waals surface area (Å²) in [6.07, 6.45) is 7.37. The molecule has 0 aromatic heterocycles. The molecule has 54 heavy (non-hydrogen) atoms. The second-order valence-electron chi connectivity index (χ2n) is 17.0. The molecular weight excluding hydrogens is 684 g/mol. The van der Waals surface area contributed by atoms with Crippen LogP contribution in [-0.4, -0.2) is 0 Å². The average Bonchev–Trinajstić information content (AvgIpc) is 3.73. The Labute approximate surface area is 327 Å². The molecule has 0 amide bonds. The molecule has 3 aliphatic rings. The summed E-state index contributed by atoms with van der Waals surface area (Å²) in [6.45, 7) is 15.0. The van der Waals surface area contributed by atoms with Crippen LogP contribution in [0.25, 0.3) is 32.7 Å². The summed E-state index contributed by atoms with van der Waals surface area (Å²) in [6, 6.07) is 47.6. The maximum atomic E-state index is 2.61. The van der Waals surface area contributed by atoms with Gasteiger partial charge in [0.2, 0.25) is 0 Å². The molecule has 2 unspecified atom stereocenters. The third-order valence-corrected chi connectivity index (χ3v) is 23.7. The van der Waals surface area contributed by atoms with E-state index in [-0.39, 0.29) is 5.41 Å². The van der Waals surface area contributed by atoms with Crippen LogP contribution in [0.2, 0.25) is 9.45 Å². The van der Waals surface area contributed by atoms with Gasteiger partial charge in [0.25, 0.3) is 0 Å². The van der Waals surface area contributed by atoms with Gasteiger partial charge in [0, 0.05) is 0 Å². The number of rotatable bonds is 10. The van der Waals surface area contributed by atoms with Crippen molar-refractivity contribution in [3.63, 3.8) is 0 Å². The molecule has 6 aromatic rings. The molecule has 0 radical (unpaired) electrons. The van der Waals surface area contributed by atoms with Crippen LogP contribution in [-0.2, 0) is 22.0 Å². The Morgan fingerprint density at radius 2 is 0.889 bits per heavy atom. The van der Waals surface area contributed by atoms with Crippen LogP contribution in [0, 0.1) is 0 Å². The standard InChI is InChI=1S/C45H38.2C4H9.Ti/c1-5-29-27-33-19-13-25-39(43(33)41(29)37-23-11-17-31-15-7-9-21-35(31)37)45(3,4)40-26-14-20-34-28-30(6-2)42(44(34)40)38-24-12-18-32-16-8-10-22-36(32)38;2*1-3-4-2;/h7-28H,5-6H2,1-4H3;2*1,3-4H2,2H3;. The summed E-state index contributed by atoms with van der Waals surface area (Å²) in [5, 5.41) is 5.48. The van der Waals surface area contributed by atoms with Gasteiger partial charge in [-0.1, -0.05) is 0 Å². The second kappa shape index (κ2) is 14.0. The first-order valence-electron chi connectivity index (χ1n) is 21.1. The van der Waals surface area contributed by atoms with E-state index < -0.39 is 16.6 Å². The Morgan fingerprint density at radius 3 is 1.31 bits per heavy atom. The molecule has 1 heterocycles. The predicted molar refractivity (Wildman–Crippen MR) is 230 cm³/mol. The average molecular weight is 741 g/mol. The number of hydrogen-bond acceptors (Lipinski definition) is 0. The van der Waals surface area contributed by atoms with Crippen LogP contribution < -0.4 is 0 Å². The topological polar surface area (TPSA) is 0 Å². The summed E-state index contributed by atoms with van der Waals surface area (Å²) in [4.78, 5) is 0. The van der Waals surface area contributed by atoms with Gasteiger partial charge in [0.15, 0.2) is 0 Å². The van der Waals surface area contributed by atoms with E-state index >= 15 is 0 Å². The van der Waals surface area contributed by atoms with Crippen LogP contribution in [0.3, 0.4) is 0 Å². The first kappa shape index (κ1) is 35.7. The van der Waals surface area contributed by atoms with Gasteiger partial charge in [-0.15, -0.1) is 0 Å². The van der Waals surface area contributed by atoms with Crippen molar-refractivity contribution in [1.82, 2.24) is 0 Å². The maximum absolute atomic E-state index is 3.09. The minimum absolute atomic E-state index is 0.219. The number of unbranched alkanes of at least 4 members (excludes halogenated alkanes) is 2. The molecule has 0 spiro atoms. The van der Waals surface area contributed by atoms with Crippen molar-refractivity contribution in [2.75, 3.05) is 0 Å². The Morgan fingerprint density at radius 1 is 0.481 bits per heavy atom. The zero-order chi connectivity index (χ0) is 37.2. The van der Waals surface area contributed by atoms with E-state index in [1.165, 1.54) is 78.9 Å². The van der Waals surface area contributed by atoms with E-state index in [1.807, 2.05) is 0 Å². The molecule has 0 fully saturated rings. The van der Waals surface area contributed by atoms with Gasteiger partial charge < -0.3 is 0 Å². The summed E-state index contributed by atoms with van der Waals surface area (Å²) >= 11 is -3.09. The normalized spacial score (nSPS) is 19.3. The fourth-order valence-corrected chi connectivity index (χ4v) is 23.6. The van der Waals surface area contributed by atoms with E-state index in [1.54, 1.807) is 44.5 Å². The van der Waals surface area contributed by atoms with Gasteiger partial charge >= 0.3 is 330 Å². The van der Waals surface area contributed by atoms with Crippen molar-refractivity contribution in [2.24, 2.45) is 0 Å². The van der Waals surface area contributed by atoms with Crippen molar-refractivity contribution < 1.29 is 16.6 Å². The predicted octanol–water partition coefficient (Wildman–Crippen LogP) is 15.5. The molecule has 6 aromatic carbocycles. The van der Waals surface area contributed by atoms with Gasteiger partial charge in [-0.05, 0) is 0 Å². The summed E-state index contributed by atoms with van der Waals surface area (Å²) in [5.41, 5.74) is 18.8. The third-order valence-electron chi connectivity index (χ3n) is 14.0. The van der Waals surface area contributed by atoms with Gasteiger partial charge in [-0.2, -0.15) is 0 Å². The molecule has 2 atom stereocenters. The zero-order valence-electron chi connectivity index (χ0n) is 33.4. The van der Waals surface area contributed by atoms with Crippen molar-refractivity contribution in [2.45, 2.75) is 103 Å². The molecule has 1 heteroatoms. The van der Waals surface area contributed by atoms with Crippen LogP contribution in [0.4, 0.5) is 0 Å². The van der Waals surface area contributed by atoms with Crippen LogP contribution in [0.1, 0.15) is 133 Å². The zero-order valence-corrected chi connectivity index (χ0v) is 34.9. The SMILES string of the molecule is CCC[CH2][Ti]1([CH2]CCC)[CH]2C(CC)=C(c3cccc4ccccc34)c3c2cccc3C(C)(C)c2cccc3c2C(c2cccc4ccccc24)=C(CC)[CH]31. The Bertz CT molecular complexity index is 2300. The molecule has 2 aliphatic carbocycles. The van der Waals surface area contributed by atoms with Gasteiger partial charge in [-0.25, -0.2) is 0 Å². The van der Waals surface area contributed by atoms with E-state index in [0.29, 0.717) is 8.45 Å². The Balaban J connectivity index is 1.48. The van der Waals surface area contributed by atoms with Crippen molar-refractivity contribution in [1.29, 1.82) is 0 Å². The van der Waals surface area contributed by atoms with E-state index in [9.17, 15) is 0 Å². The van der Waals surface area contributed by atoms with Crippen molar-refractivity contribution in [3.8, 4) is 0 Å². The molecular formula is C53H56Ti. The van der Waals surface area contributed by atoms with E-state index in [4.69, 9.17) is 0 Å². The summed E-state index contributed by atoms with van der Waals surface area (Å²) in [5.74, 6) is 0. The monoisotopic (exact) mass is 740 g/mol. The first-order valence-corrected chi connectivity index (χ1v) is 25.1. The fourth-order valence-electron chi connectivity index (χ4n) is 11.8. The van der Waals surface area contributed by atoms with Gasteiger partial charge in [0.1, 0.15) is 0 Å².